The zero-order valence-electron chi connectivity index (χ0n) is 10.5. The number of hydrogen-bond acceptors (Lipinski definition) is 5. The van der Waals surface area contributed by atoms with Gasteiger partial charge in [0.1, 0.15) is 5.03 Å². The van der Waals surface area contributed by atoms with E-state index in [9.17, 15) is 4.79 Å². The van der Waals surface area contributed by atoms with Crippen molar-refractivity contribution in [2.24, 2.45) is 0 Å². The van der Waals surface area contributed by atoms with Crippen molar-refractivity contribution in [2.75, 3.05) is 12.8 Å². The Morgan fingerprint density at radius 2 is 2.21 bits per heavy atom. The molecule has 1 aromatic heterocycles. The predicted molar refractivity (Wildman–Crippen MR) is 76.0 cm³/mol. The highest BCUT2D eigenvalue weighted by atomic mass is 32.2. The molecule has 2 aromatic rings. The van der Waals surface area contributed by atoms with E-state index in [1.165, 1.54) is 18.9 Å². The van der Waals surface area contributed by atoms with Crippen molar-refractivity contribution in [3.05, 3.63) is 53.7 Å². The number of pyridine rings is 1. The summed E-state index contributed by atoms with van der Waals surface area (Å²) in [5.41, 5.74) is 8.03. The lowest BCUT2D eigenvalue weighted by molar-refractivity contribution is 0.0596. The molecule has 5 heteroatoms. The second-order valence-corrected chi connectivity index (χ2v) is 4.85. The zero-order chi connectivity index (χ0) is 13.7. The molecule has 0 aliphatic carbocycles. The molecule has 0 saturated carbocycles. The van der Waals surface area contributed by atoms with Crippen molar-refractivity contribution in [3.63, 3.8) is 0 Å². The number of nitrogen functional groups attached to an aromatic ring is 1. The largest absolute Gasteiger partial charge is 0.465 e. The number of anilines is 1. The Hall–Kier alpha value is -2.01. The van der Waals surface area contributed by atoms with Gasteiger partial charge >= 0.3 is 5.97 Å². The fourth-order valence-corrected chi connectivity index (χ4v) is 2.53. The Balaban J connectivity index is 2.13. The average molecular weight is 274 g/mol. The van der Waals surface area contributed by atoms with Gasteiger partial charge in [-0.15, -0.1) is 11.8 Å². The van der Waals surface area contributed by atoms with E-state index in [0.29, 0.717) is 16.3 Å². The Bertz CT molecular complexity index is 587. The maximum absolute atomic E-state index is 11.6. The number of ether oxygens (including phenoxy) is 1. The van der Waals surface area contributed by atoms with E-state index in [-0.39, 0.29) is 5.97 Å². The quantitative estimate of drug-likeness (QED) is 0.527. The topological polar surface area (TPSA) is 65.2 Å². The summed E-state index contributed by atoms with van der Waals surface area (Å²) in [6, 6.07) is 11.1. The highest BCUT2D eigenvalue weighted by Gasteiger charge is 2.12. The van der Waals surface area contributed by atoms with Gasteiger partial charge in [0.2, 0.25) is 0 Å². The molecule has 0 amide bonds. The lowest BCUT2D eigenvalue weighted by Gasteiger charge is -2.06. The second-order valence-electron chi connectivity index (χ2n) is 3.88. The molecule has 0 fully saturated rings. The van der Waals surface area contributed by atoms with E-state index in [0.717, 1.165) is 11.3 Å². The molecule has 0 radical (unpaired) electrons. The summed E-state index contributed by atoms with van der Waals surface area (Å²) in [5, 5.41) is 0.664. The van der Waals surface area contributed by atoms with Gasteiger partial charge in [-0.1, -0.05) is 12.1 Å². The Morgan fingerprint density at radius 1 is 1.37 bits per heavy atom. The summed E-state index contributed by atoms with van der Waals surface area (Å²) in [7, 11) is 1.36. The Morgan fingerprint density at radius 3 is 2.95 bits per heavy atom. The molecule has 98 valence electrons. The third-order valence-corrected chi connectivity index (χ3v) is 3.58. The number of rotatable bonds is 4. The van der Waals surface area contributed by atoms with Crippen molar-refractivity contribution in [3.8, 4) is 0 Å². The van der Waals surface area contributed by atoms with Gasteiger partial charge in [-0.25, -0.2) is 9.78 Å². The molecule has 19 heavy (non-hydrogen) atoms. The van der Waals surface area contributed by atoms with Crippen molar-refractivity contribution in [1.82, 2.24) is 4.98 Å². The van der Waals surface area contributed by atoms with Gasteiger partial charge < -0.3 is 10.5 Å². The van der Waals surface area contributed by atoms with Gasteiger partial charge in [0.25, 0.3) is 0 Å². The van der Waals surface area contributed by atoms with Gasteiger partial charge in [0.15, 0.2) is 0 Å². The van der Waals surface area contributed by atoms with Crippen LogP contribution in [-0.2, 0) is 10.5 Å². The zero-order valence-corrected chi connectivity index (χ0v) is 11.3. The van der Waals surface area contributed by atoms with Gasteiger partial charge in [0.05, 0.1) is 12.7 Å². The van der Waals surface area contributed by atoms with Crippen molar-refractivity contribution in [2.45, 2.75) is 10.8 Å². The summed E-state index contributed by atoms with van der Waals surface area (Å²) < 4.78 is 4.74. The number of carbonyl (C=O) groups excluding carboxylic acids is 1. The van der Waals surface area contributed by atoms with Gasteiger partial charge in [0, 0.05) is 17.6 Å². The number of benzene rings is 1. The van der Waals surface area contributed by atoms with Crippen molar-refractivity contribution in [1.29, 1.82) is 0 Å². The van der Waals surface area contributed by atoms with Gasteiger partial charge in [-0.3, -0.25) is 0 Å². The maximum atomic E-state index is 11.6. The van der Waals surface area contributed by atoms with Crippen LogP contribution in [0.5, 0.6) is 0 Å². The molecule has 2 N–H and O–H groups in total. The monoisotopic (exact) mass is 274 g/mol. The lowest BCUT2D eigenvalue weighted by atomic mass is 10.2. The van der Waals surface area contributed by atoms with Gasteiger partial charge in [-0.05, 0) is 29.8 Å². The number of methoxy groups -OCH3 is 1. The molecular formula is C14H14N2O2S. The second kappa shape index (κ2) is 6.24. The first-order valence-electron chi connectivity index (χ1n) is 5.71. The lowest BCUT2D eigenvalue weighted by Crippen LogP contribution is -2.04. The van der Waals surface area contributed by atoms with Gasteiger partial charge in [-0.2, -0.15) is 0 Å². The molecule has 2 rings (SSSR count). The number of hydrogen-bond donors (Lipinski definition) is 1. The first-order valence-corrected chi connectivity index (χ1v) is 6.70. The normalized spacial score (nSPS) is 10.2. The summed E-state index contributed by atoms with van der Waals surface area (Å²) >= 11 is 1.49. The number of thioether (sulfide) groups is 1. The van der Waals surface area contributed by atoms with E-state index in [1.807, 2.05) is 24.3 Å². The van der Waals surface area contributed by atoms with Crippen molar-refractivity contribution >= 4 is 23.4 Å². The maximum Gasteiger partial charge on any atom is 0.340 e. The summed E-state index contributed by atoms with van der Waals surface area (Å²) in [4.78, 5) is 15.8. The minimum atomic E-state index is -0.372. The Kier molecular flexibility index (Phi) is 4.41. The van der Waals surface area contributed by atoms with Crippen molar-refractivity contribution < 1.29 is 9.53 Å². The van der Waals surface area contributed by atoms with Crippen LogP contribution in [0.1, 0.15) is 15.9 Å². The average Bonchev–Trinajstić information content (AvgIpc) is 2.45. The van der Waals surface area contributed by atoms with Crippen LogP contribution < -0.4 is 5.73 Å². The van der Waals surface area contributed by atoms with Crippen LogP contribution >= 0.6 is 11.8 Å². The molecule has 0 aliphatic rings. The SMILES string of the molecule is COC(=O)c1cccnc1SCc1cccc(N)c1. The van der Waals surface area contributed by atoms with Crippen LogP contribution in [0.3, 0.4) is 0 Å². The van der Waals surface area contributed by atoms with Crippen LogP contribution in [0, 0.1) is 0 Å². The molecule has 0 unspecified atom stereocenters. The fourth-order valence-electron chi connectivity index (χ4n) is 1.61. The van der Waals surface area contributed by atoms with Crippen LogP contribution in [0.25, 0.3) is 0 Å². The van der Waals surface area contributed by atoms with E-state index in [4.69, 9.17) is 10.5 Å². The first kappa shape index (κ1) is 13.4. The molecule has 0 bridgehead atoms. The number of esters is 1. The molecular weight excluding hydrogens is 260 g/mol. The van der Waals surface area contributed by atoms with Crippen LogP contribution in [0.2, 0.25) is 0 Å². The number of aromatic nitrogens is 1. The van der Waals surface area contributed by atoms with Crippen LogP contribution in [0.4, 0.5) is 5.69 Å². The molecule has 1 heterocycles. The first-order chi connectivity index (χ1) is 9.20. The third kappa shape index (κ3) is 3.48. The summed E-state index contributed by atoms with van der Waals surface area (Å²) in [6.45, 7) is 0. The molecule has 4 nitrogen and oxygen atoms in total. The highest BCUT2D eigenvalue weighted by Crippen LogP contribution is 2.25. The predicted octanol–water partition coefficient (Wildman–Crippen LogP) is 2.74. The van der Waals surface area contributed by atoms with E-state index in [2.05, 4.69) is 4.98 Å². The Labute approximate surface area is 116 Å². The highest BCUT2D eigenvalue weighted by molar-refractivity contribution is 7.98. The van der Waals surface area contributed by atoms with E-state index >= 15 is 0 Å². The number of nitrogens with zero attached hydrogens (tertiary/aromatic N) is 1. The molecule has 0 atom stereocenters. The number of carbonyl (C=O) groups is 1. The van der Waals surface area contributed by atoms with Crippen LogP contribution in [0.15, 0.2) is 47.6 Å². The molecule has 1 aromatic carbocycles. The number of nitrogens with two attached hydrogens (primary N) is 1. The van der Waals surface area contributed by atoms with Crippen LogP contribution in [-0.4, -0.2) is 18.1 Å². The molecule has 0 spiro atoms. The smallest absolute Gasteiger partial charge is 0.340 e. The molecule has 0 aliphatic heterocycles. The minimum Gasteiger partial charge on any atom is -0.465 e. The third-order valence-electron chi connectivity index (χ3n) is 2.50. The summed E-state index contributed by atoms with van der Waals surface area (Å²) in [5.74, 6) is 0.328. The standard InChI is InChI=1S/C14H14N2O2S/c1-18-14(17)12-6-3-7-16-13(12)19-9-10-4-2-5-11(15)8-10/h2-8H,9,15H2,1H3. The van der Waals surface area contributed by atoms with E-state index < -0.39 is 0 Å². The fraction of sp³-hybridized carbons (Fsp3) is 0.143. The van der Waals surface area contributed by atoms with E-state index in [1.54, 1.807) is 18.3 Å². The molecule has 0 saturated heterocycles. The summed E-state index contributed by atoms with van der Waals surface area (Å²) in [6.07, 6.45) is 1.66. The minimum absolute atomic E-state index is 0.372.